The molecule has 0 unspecified atom stereocenters. The molecule has 26 heavy (non-hydrogen) atoms. The third-order valence-corrected chi connectivity index (χ3v) is 4.38. The van der Waals surface area contributed by atoms with Crippen molar-refractivity contribution in [2.45, 2.75) is 13.0 Å². The van der Waals surface area contributed by atoms with Gasteiger partial charge in [-0.25, -0.2) is 4.98 Å². The van der Waals surface area contributed by atoms with Gasteiger partial charge in [0.25, 0.3) is 5.91 Å². The Kier molecular flexibility index (Phi) is 4.23. The van der Waals surface area contributed by atoms with E-state index in [-0.39, 0.29) is 11.9 Å². The van der Waals surface area contributed by atoms with E-state index >= 15 is 0 Å². The molecule has 0 spiro atoms. The molecule has 2 heterocycles. The minimum Gasteiger partial charge on any atom is -0.463 e. The summed E-state index contributed by atoms with van der Waals surface area (Å²) in [6.45, 7) is 1.98. The molecule has 0 radical (unpaired) electrons. The second-order valence-corrected chi connectivity index (χ2v) is 6.16. The molecule has 2 aromatic carbocycles. The van der Waals surface area contributed by atoms with E-state index in [0.29, 0.717) is 17.0 Å². The molecule has 4 heteroatoms. The Morgan fingerprint density at radius 3 is 2.54 bits per heavy atom. The van der Waals surface area contributed by atoms with E-state index in [4.69, 9.17) is 4.42 Å². The van der Waals surface area contributed by atoms with Crippen molar-refractivity contribution in [3.8, 4) is 11.5 Å². The molecular formula is C22H18N2O2. The van der Waals surface area contributed by atoms with Gasteiger partial charge in [-0.05, 0) is 36.8 Å². The van der Waals surface area contributed by atoms with Crippen LogP contribution in [0.3, 0.4) is 0 Å². The van der Waals surface area contributed by atoms with E-state index in [2.05, 4.69) is 10.3 Å². The summed E-state index contributed by atoms with van der Waals surface area (Å²) >= 11 is 0. The molecule has 4 aromatic rings. The van der Waals surface area contributed by atoms with Gasteiger partial charge < -0.3 is 9.73 Å². The quantitative estimate of drug-likeness (QED) is 0.569. The first-order chi connectivity index (χ1) is 12.7. The summed E-state index contributed by atoms with van der Waals surface area (Å²) in [5, 5.41) is 3.90. The van der Waals surface area contributed by atoms with Crippen LogP contribution >= 0.6 is 0 Å². The lowest BCUT2D eigenvalue weighted by Gasteiger charge is -2.15. The molecule has 128 valence electrons. The van der Waals surface area contributed by atoms with Crippen LogP contribution in [0.25, 0.3) is 22.4 Å². The molecule has 0 bridgehead atoms. The summed E-state index contributed by atoms with van der Waals surface area (Å²) in [5.41, 5.74) is 3.06. The molecule has 1 atom stereocenters. The fourth-order valence-corrected chi connectivity index (χ4v) is 3.01. The van der Waals surface area contributed by atoms with Crippen LogP contribution in [0.15, 0.2) is 83.5 Å². The first kappa shape index (κ1) is 16.1. The molecule has 0 saturated carbocycles. The number of nitrogens with one attached hydrogen (secondary N) is 1. The average Bonchev–Trinajstić information content (AvgIpc) is 3.22. The van der Waals surface area contributed by atoms with Crippen molar-refractivity contribution >= 4 is 16.8 Å². The van der Waals surface area contributed by atoms with Gasteiger partial charge in [0, 0.05) is 5.39 Å². The third-order valence-electron chi connectivity index (χ3n) is 4.38. The van der Waals surface area contributed by atoms with Crippen molar-refractivity contribution in [2.75, 3.05) is 0 Å². The van der Waals surface area contributed by atoms with Crippen LogP contribution in [0.2, 0.25) is 0 Å². The first-order valence-electron chi connectivity index (χ1n) is 8.52. The van der Waals surface area contributed by atoms with E-state index in [0.717, 1.165) is 16.5 Å². The predicted octanol–water partition coefficient (Wildman–Crippen LogP) is 4.99. The lowest BCUT2D eigenvalue weighted by molar-refractivity contribution is 0.0941. The molecule has 4 nitrogen and oxygen atoms in total. The number of aromatic nitrogens is 1. The van der Waals surface area contributed by atoms with Crippen molar-refractivity contribution in [3.63, 3.8) is 0 Å². The Bertz CT molecular complexity index is 1040. The number of fused-ring (bicyclic) bond motifs is 1. The molecule has 0 aliphatic rings. The Morgan fingerprint density at radius 1 is 1.00 bits per heavy atom. The largest absolute Gasteiger partial charge is 0.463 e. The molecular weight excluding hydrogens is 324 g/mol. The average molecular weight is 342 g/mol. The maximum Gasteiger partial charge on any atom is 0.252 e. The lowest BCUT2D eigenvalue weighted by atomic mass is 10.0. The van der Waals surface area contributed by atoms with E-state index in [1.165, 1.54) is 0 Å². The van der Waals surface area contributed by atoms with Crippen LogP contribution in [0.4, 0.5) is 0 Å². The molecule has 0 aliphatic heterocycles. The molecule has 1 N–H and O–H groups in total. The van der Waals surface area contributed by atoms with Crippen LogP contribution in [-0.4, -0.2) is 10.9 Å². The number of hydrogen-bond acceptors (Lipinski definition) is 3. The van der Waals surface area contributed by atoms with Crippen LogP contribution in [0.5, 0.6) is 0 Å². The second-order valence-electron chi connectivity index (χ2n) is 6.16. The number of benzene rings is 2. The summed E-state index contributed by atoms with van der Waals surface area (Å²) < 4.78 is 5.46. The second kappa shape index (κ2) is 6.84. The van der Waals surface area contributed by atoms with Crippen LogP contribution in [-0.2, 0) is 0 Å². The Hall–Kier alpha value is -3.40. The zero-order chi connectivity index (χ0) is 17.9. The van der Waals surface area contributed by atoms with E-state index in [1.807, 2.05) is 73.7 Å². The Morgan fingerprint density at radius 2 is 1.77 bits per heavy atom. The van der Waals surface area contributed by atoms with Crippen LogP contribution < -0.4 is 5.32 Å². The SMILES string of the molecule is C[C@H](NC(=O)c1cc(-c2ccco2)nc2ccccc12)c1ccccc1. The predicted molar refractivity (Wildman–Crippen MR) is 102 cm³/mol. The summed E-state index contributed by atoms with van der Waals surface area (Å²) in [7, 11) is 0. The van der Waals surface area contributed by atoms with Gasteiger partial charge in [0.2, 0.25) is 0 Å². The topological polar surface area (TPSA) is 55.1 Å². The highest BCUT2D eigenvalue weighted by atomic mass is 16.3. The number of para-hydroxylation sites is 1. The fourth-order valence-electron chi connectivity index (χ4n) is 3.01. The monoisotopic (exact) mass is 342 g/mol. The molecule has 2 aromatic heterocycles. The van der Waals surface area contributed by atoms with Crippen LogP contribution in [0, 0.1) is 0 Å². The van der Waals surface area contributed by atoms with Gasteiger partial charge in [-0.2, -0.15) is 0 Å². The van der Waals surface area contributed by atoms with Gasteiger partial charge in [-0.3, -0.25) is 4.79 Å². The number of pyridine rings is 1. The molecule has 0 fully saturated rings. The van der Waals surface area contributed by atoms with Crippen molar-refractivity contribution < 1.29 is 9.21 Å². The van der Waals surface area contributed by atoms with Crippen molar-refractivity contribution in [2.24, 2.45) is 0 Å². The smallest absolute Gasteiger partial charge is 0.252 e. The zero-order valence-electron chi connectivity index (χ0n) is 14.3. The van der Waals surface area contributed by atoms with Gasteiger partial charge in [-0.15, -0.1) is 0 Å². The van der Waals surface area contributed by atoms with Gasteiger partial charge in [0.1, 0.15) is 5.69 Å². The first-order valence-corrected chi connectivity index (χ1v) is 8.52. The van der Waals surface area contributed by atoms with Crippen molar-refractivity contribution in [1.29, 1.82) is 0 Å². The lowest BCUT2D eigenvalue weighted by Crippen LogP contribution is -2.27. The number of nitrogens with zero attached hydrogens (tertiary/aromatic N) is 1. The maximum absolute atomic E-state index is 13.0. The number of carbonyl (C=O) groups is 1. The summed E-state index contributed by atoms with van der Waals surface area (Å²) in [6, 6.07) is 22.9. The van der Waals surface area contributed by atoms with E-state index < -0.39 is 0 Å². The van der Waals surface area contributed by atoms with Crippen LogP contribution in [0.1, 0.15) is 28.9 Å². The third kappa shape index (κ3) is 3.09. The molecule has 1 amide bonds. The van der Waals surface area contributed by atoms with E-state index in [9.17, 15) is 4.79 Å². The number of carbonyl (C=O) groups excluding carboxylic acids is 1. The van der Waals surface area contributed by atoms with Gasteiger partial charge in [0.15, 0.2) is 5.76 Å². The molecule has 0 saturated heterocycles. The van der Waals surface area contributed by atoms with Crippen molar-refractivity contribution in [3.05, 3.63) is 90.2 Å². The highest BCUT2D eigenvalue weighted by Gasteiger charge is 2.17. The standard InChI is InChI=1S/C22H18N2O2/c1-15(16-8-3-2-4-9-16)23-22(25)18-14-20(21-12-7-13-26-21)24-19-11-6-5-10-17(18)19/h2-15H,1H3,(H,23,25)/t15-/m0/s1. The zero-order valence-corrected chi connectivity index (χ0v) is 14.3. The minimum absolute atomic E-state index is 0.0947. The molecule has 4 rings (SSSR count). The number of furan rings is 1. The van der Waals surface area contributed by atoms with Crippen molar-refractivity contribution in [1.82, 2.24) is 10.3 Å². The van der Waals surface area contributed by atoms with Gasteiger partial charge in [-0.1, -0.05) is 48.5 Å². The molecule has 0 aliphatic carbocycles. The maximum atomic E-state index is 13.0. The fraction of sp³-hybridized carbons (Fsp3) is 0.0909. The number of rotatable bonds is 4. The normalized spacial score (nSPS) is 12.0. The van der Waals surface area contributed by atoms with E-state index in [1.54, 1.807) is 12.3 Å². The Balaban J connectivity index is 1.73. The van der Waals surface area contributed by atoms with Gasteiger partial charge in [0.05, 0.1) is 23.4 Å². The number of hydrogen-bond donors (Lipinski definition) is 1. The summed E-state index contributed by atoms with van der Waals surface area (Å²) in [6.07, 6.45) is 1.60. The number of amides is 1. The Labute approximate surface area is 151 Å². The highest BCUT2D eigenvalue weighted by molar-refractivity contribution is 6.07. The minimum atomic E-state index is -0.132. The highest BCUT2D eigenvalue weighted by Crippen LogP contribution is 2.25. The summed E-state index contributed by atoms with van der Waals surface area (Å²) in [5.74, 6) is 0.508. The summed E-state index contributed by atoms with van der Waals surface area (Å²) in [4.78, 5) is 17.6. The van der Waals surface area contributed by atoms with Gasteiger partial charge >= 0.3 is 0 Å².